The number of benzene rings is 3. The SMILES string of the molecule is Cc1cc(C(=O)Nc2ccc(S(=O)(=O)Nc3ccc(F)cc3)cc2)ccc1[N+](=O)[O-]. The minimum absolute atomic E-state index is 0.0454. The Morgan fingerprint density at radius 3 is 2.13 bits per heavy atom. The van der Waals surface area contributed by atoms with E-state index in [1.54, 1.807) is 0 Å². The number of amides is 1. The first kappa shape index (κ1) is 20.9. The van der Waals surface area contributed by atoms with Crippen LogP contribution in [0, 0.1) is 22.9 Å². The fourth-order valence-electron chi connectivity index (χ4n) is 2.65. The largest absolute Gasteiger partial charge is 0.322 e. The summed E-state index contributed by atoms with van der Waals surface area (Å²) in [5.41, 5.74) is 1.04. The van der Waals surface area contributed by atoms with Crippen LogP contribution in [0.2, 0.25) is 0 Å². The lowest BCUT2D eigenvalue weighted by molar-refractivity contribution is -0.385. The molecule has 0 bridgehead atoms. The number of anilines is 2. The molecule has 3 aromatic rings. The zero-order valence-corrected chi connectivity index (χ0v) is 16.4. The molecule has 0 aliphatic carbocycles. The van der Waals surface area contributed by atoms with Crippen molar-refractivity contribution in [2.75, 3.05) is 10.0 Å². The number of nitrogens with zero attached hydrogens (tertiary/aromatic N) is 1. The molecule has 1 amide bonds. The molecule has 0 saturated heterocycles. The summed E-state index contributed by atoms with van der Waals surface area (Å²) in [6.07, 6.45) is 0. The van der Waals surface area contributed by atoms with E-state index in [1.165, 1.54) is 61.5 Å². The third-order valence-electron chi connectivity index (χ3n) is 4.17. The van der Waals surface area contributed by atoms with Crippen LogP contribution in [0.15, 0.2) is 71.6 Å². The Kier molecular flexibility index (Phi) is 5.79. The summed E-state index contributed by atoms with van der Waals surface area (Å²) in [5.74, 6) is -0.978. The molecule has 3 rings (SSSR count). The van der Waals surface area contributed by atoms with E-state index in [9.17, 15) is 27.7 Å². The summed E-state index contributed by atoms with van der Waals surface area (Å²) < 4.78 is 40.1. The third-order valence-corrected chi connectivity index (χ3v) is 5.57. The molecule has 10 heteroatoms. The number of hydrogen-bond acceptors (Lipinski definition) is 5. The summed E-state index contributed by atoms with van der Waals surface area (Å²) in [6, 6.07) is 14.3. The molecule has 0 radical (unpaired) electrons. The van der Waals surface area contributed by atoms with Crippen molar-refractivity contribution in [3.63, 3.8) is 0 Å². The fraction of sp³-hybridized carbons (Fsp3) is 0.0500. The van der Waals surface area contributed by atoms with Crippen molar-refractivity contribution < 1.29 is 22.5 Å². The molecular formula is C20H16FN3O5S. The molecule has 3 aromatic carbocycles. The van der Waals surface area contributed by atoms with Gasteiger partial charge in [-0.2, -0.15) is 0 Å². The van der Waals surface area contributed by atoms with Crippen molar-refractivity contribution in [3.8, 4) is 0 Å². The quantitative estimate of drug-likeness (QED) is 0.452. The van der Waals surface area contributed by atoms with Gasteiger partial charge in [0, 0.05) is 28.6 Å². The van der Waals surface area contributed by atoms with E-state index < -0.39 is 26.7 Å². The van der Waals surface area contributed by atoms with Gasteiger partial charge in [0.1, 0.15) is 5.82 Å². The van der Waals surface area contributed by atoms with E-state index in [1.807, 2.05) is 0 Å². The van der Waals surface area contributed by atoms with Crippen LogP contribution in [-0.2, 0) is 10.0 Å². The van der Waals surface area contributed by atoms with E-state index in [0.717, 1.165) is 12.1 Å². The maximum absolute atomic E-state index is 12.9. The first-order valence-electron chi connectivity index (χ1n) is 8.60. The standard InChI is InChI=1S/C20H16FN3O5S/c1-13-12-14(2-11-19(13)24(26)27)20(25)22-16-7-9-18(10-8-16)30(28,29)23-17-5-3-15(21)4-6-17/h2-12,23H,1H3,(H,22,25). The molecule has 2 N–H and O–H groups in total. The molecule has 0 aliphatic heterocycles. The third kappa shape index (κ3) is 4.78. The Hall–Kier alpha value is -3.79. The van der Waals surface area contributed by atoms with E-state index in [4.69, 9.17) is 0 Å². The van der Waals surface area contributed by atoms with E-state index in [2.05, 4.69) is 10.0 Å². The summed E-state index contributed by atoms with van der Waals surface area (Å²) >= 11 is 0. The summed E-state index contributed by atoms with van der Waals surface area (Å²) in [4.78, 5) is 22.7. The van der Waals surface area contributed by atoms with Gasteiger partial charge in [-0.3, -0.25) is 19.6 Å². The van der Waals surface area contributed by atoms with Gasteiger partial charge in [-0.15, -0.1) is 0 Å². The second-order valence-electron chi connectivity index (χ2n) is 6.35. The lowest BCUT2D eigenvalue weighted by atomic mass is 10.1. The molecule has 0 fully saturated rings. The normalized spacial score (nSPS) is 11.0. The zero-order chi connectivity index (χ0) is 21.9. The van der Waals surface area contributed by atoms with Crippen molar-refractivity contribution in [3.05, 3.63) is 93.8 Å². The number of rotatable bonds is 6. The molecule has 0 saturated carbocycles. The molecule has 0 spiro atoms. The molecule has 0 heterocycles. The van der Waals surface area contributed by atoms with E-state index in [0.29, 0.717) is 11.3 Å². The van der Waals surface area contributed by atoms with Crippen LogP contribution in [-0.4, -0.2) is 19.2 Å². The van der Waals surface area contributed by atoms with Gasteiger partial charge in [0.2, 0.25) is 0 Å². The smallest absolute Gasteiger partial charge is 0.272 e. The average Bonchev–Trinajstić information content (AvgIpc) is 2.69. The number of carbonyl (C=O) groups excluding carboxylic acids is 1. The monoisotopic (exact) mass is 429 g/mol. The minimum atomic E-state index is -3.89. The molecule has 0 aliphatic rings. The Morgan fingerprint density at radius 1 is 0.967 bits per heavy atom. The van der Waals surface area contributed by atoms with Gasteiger partial charge in [0.25, 0.3) is 21.6 Å². The molecule has 0 atom stereocenters. The zero-order valence-electron chi connectivity index (χ0n) is 15.6. The molecule has 8 nitrogen and oxygen atoms in total. The highest BCUT2D eigenvalue weighted by Gasteiger charge is 2.16. The maximum atomic E-state index is 12.9. The van der Waals surface area contributed by atoms with Gasteiger partial charge in [0.15, 0.2) is 0 Å². The Labute approximate surface area is 171 Å². The molecule has 0 aromatic heterocycles. The molecule has 0 unspecified atom stereocenters. The maximum Gasteiger partial charge on any atom is 0.272 e. The van der Waals surface area contributed by atoms with Crippen LogP contribution in [0.25, 0.3) is 0 Å². The summed E-state index contributed by atoms with van der Waals surface area (Å²) in [6.45, 7) is 1.53. The highest BCUT2D eigenvalue weighted by Crippen LogP contribution is 2.21. The van der Waals surface area contributed by atoms with Gasteiger partial charge in [-0.05, 0) is 67.6 Å². The fourth-order valence-corrected chi connectivity index (χ4v) is 3.71. The van der Waals surface area contributed by atoms with Gasteiger partial charge < -0.3 is 5.32 Å². The number of halogens is 1. The van der Waals surface area contributed by atoms with Gasteiger partial charge >= 0.3 is 0 Å². The Bertz CT molecular complexity index is 1210. The van der Waals surface area contributed by atoms with Gasteiger partial charge in [-0.25, -0.2) is 12.8 Å². The number of nitro benzene ring substituents is 1. The molecule has 30 heavy (non-hydrogen) atoms. The average molecular weight is 429 g/mol. The van der Waals surface area contributed by atoms with Crippen molar-refractivity contribution in [2.45, 2.75) is 11.8 Å². The number of nitro groups is 1. The Morgan fingerprint density at radius 2 is 1.57 bits per heavy atom. The van der Waals surface area contributed by atoms with Gasteiger partial charge in [-0.1, -0.05) is 0 Å². The van der Waals surface area contributed by atoms with E-state index in [-0.39, 0.29) is 21.8 Å². The van der Waals surface area contributed by atoms with Crippen LogP contribution < -0.4 is 10.0 Å². The van der Waals surface area contributed by atoms with Crippen LogP contribution in [0.3, 0.4) is 0 Å². The predicted molar refractivity (Wildman–Crippen MR) is 109 cm³/mol. The highest BCUT2D eigenvalue weighted by molar-refractivity contribution is 7.92. The minimum Gasteiger partial charge on any atom is -0.322 e. The molecule has 154 valence electrons. The van der Waals surface area contributed by atoms with Crippen LogP contribution in [0.4, 0.5) is 21.5 Å². The van der Waals surface area contributed by atoms with E-state index >= 15 is 0 Å². The number of carbonyl (C=O) groups is 1. The second kappa shape index (κ2) is 8.29. The second-order valence-corrected chi connectivity index (χ2v) is 8.03. The van der Waals surface area contributed by atoms with Crippen molar-refractivity contribution in [1.82, 2.24) is 0 Å². The van der Waals surface area contributed by atoms with Crippen LogP contribution in [0.5, 0.6) is 0 Å². The predicted octanol–water partition coefficient (Wildman–Crippen LogP) is 4.10. The van der Waals surface area contributed by atoms with Crippen molar-refractivity contribution in [1.29, 1.82) is 0 Å². The topological polar surface area (TPSA) is 118 Å². The molecular weight excluding hydrogens is 413 g/mol. The van der Waals surface area contributed by atoms with Crippen LogP contribution >= 0.6 is 0 Å². The number of aryl methyl sites for hydroxylation is 1. The van der Waals surface area contributed by atoms with Gasteiger partial charge in [0.05, 0.1) is 9.82 Å². The first-order valence-corrected chi connectivity index (χ1v) is 10.1. The number of sulfonamides is 1. The number of nitrogens with one attached hydrogen (secondary N) is 2. The lowest BCUT2D eigenvalue weighted by Crippen LogP contribution is -2.14. The number of hydrogen-bond donors (Lipinski definition) is 2. The highest BCUT2D eigenvalue weighted by atomic mass is 32.2. The summed E-state index contributed by atoms with van der Waals surface area (Å²) in [7, 11) is -3.89. The van der Waals surface area contributed by atoms with Crippen molar-refractivity contribution in [2.24, 2.45) is 0 Å². The van der Waals surface area contributed by atoms with Crippen molar-refractivity contribution >= 4 is 33.0 Å². The first-order chi connectivity index (χ1) is 14.2. The lowest BCUT2D eigenvalue weighted by Gasteiger charge is -2.10. The Balaban J connectivity index is 1.72. The summed E-state index contributed by atoms with van der Waals surface area (Å²) in [5, 5.41) is 13.5. The van der Waals surface area contributed by atoms with Crippen LogP contribution in [0.1, 0.15) is 15.9 Å².